The highest BCUT2D eigenvalue weighted by atomic mass is 79.9. The number of amides is 1. The third-order valence-electron chi connectivity index (χ3n) is 1.15. The number of hydrogen-bond acceptors (Lipinski definition) is 1. The molecule has 1 N–H and O–H groups in total. The van der Waals surface area contributed by atoms with Gasteiger partial charge in [-0.1, -0.05) is 0 Å². The van der Waals surface area contributed by atoms with E-state index < -0.39 is 0 Å². The van der Waals surface area contributed by atoms with Crippen molar-refractivity contribution in [1.29, 1.82) is 0 Å². The first-order chi connectivity index (χ1) is 5.24. The van der Waals surface area contributed by atoms with E-state index in [0.29, 0.717) is 16.6 Å². The summed E-state index contributed by atoms with van der Waals surface area (Å²) in [5, 5.41) is 2.40. The van der Waals surface area contributed by atoms with Crippen molar-refractivity contribution in [2.45, 2.75) is 0 Å². The van der Waals surface area contributed by atoms with Crippen LogP contribution in [-0.4, -0.2) is 6.41 Å². The summed E-state index contributed by atoms with van der Waals surface area (Å²) in [5.74, 6) is -0.346. The smallest absolute Gasteiger partial charge is 0.211 e. The first-order valence-corrected chi connectivity index (χ1v) is 3.68. The lowest BCUT2D eigenvalue weighted by molar-refractivity contribution is -0.105. The molecule has 0 aliphatic rings. The Bertz CT molecular complexity index is 277. The predicted octanol–water partition coefficient (Wildman–Crippen LogP) is 2.16. The molecule has 0 bridgehead atoms. The van der Waals surface area contributed by atoms with Crippen molar-refractivity contribution in [2.24, 2.45) is 0 Å². The molecule has 4 heteroatoms. The van der Waals surface area contributed by atoms with Crippen LogP contribution in [0.4, 0.5) is 10.1 Å². The molecule has 0 spiro atoms. The zero-order chi connectivity index (χ0) is 8.27. The maximum atomic E-state index is 12.6. The van der Waals surface area contributed by atoms with Gasteiger partial charge in [0.1, 0.15) is 5.82 Å². The van der Waals surface area contributed by atoms with E-state index >= 15 is 0 Å². The Kier molecular flexibility index (Phi) is 2.59. The van der Waals surface area contributed by atoms with Crippen LogP contribution in [0, 0.1) is 5.82 Å². The van der Waals surface area contributed by atoms with Gasteiger partial charge in [-0.05, 0) is 34.1 Å². The van der Waals surface area contributed by atoms with Crippen molar-refractivity contribution in [3.05, 3.63) is 28.5 Å². The van der Waals surface area contributed by atoms with Crippen LogP contribution in [0.15, 0.2) is 22.7 Å². The molecule has 11 heavy (non-hydrogen) atoms. The fourth-order valence-corrected chi connectivity index (χ4v) is 1.03. The fourth-order valence-electron chi connectivity index (χ4n) is 0.654. The van der Waals surface area contributed by atoms with Crippen LogP contribution >= 0.6 is 15.9 Å². The van der Waals surface area contributed by atoms with Gasteiger partial charge in [0.05, 0.1) is 4.47 Å². The van der Waals surface area contributed by atoms with Crippen molar-refractivity contribution in [2.75, 3.05) is 5.32 Å². The quantitative estimate of drug-likeness (QED) is 0.757. The molecule has 2 nitrogen and oxygen atoms in total. The number of hydrogen-bond donors (Lipinski definition) is 1. The molecule has 1 aromatic rings. The SMILES string of the molecule is O=CNc1ccc(F)c(Br)c1. The molecule has 0 unspecified atom stereocenters. The molecule has 58 valence electrons. The molecule has 1 aromatic carbocycles. The summed E-state index contributed by atoms with van der Waals surface area (Å²) >= 11 is 2.99. The summed E-state index contributed by atoms with van der Waals surface area (Å²) in [7, 11) is 0. The van der Waals surface area contributed by atoms with E-state index in [1.807, 2.05) is 0 Å². The fraction of sp³-hybridized carbons (Fsp3) is 0. The summed E-state index contributed by atoms with van der Waals surface area (Å²) < 4.78 is 12.9. The van der Waals surface area contributed by atoms with E-state index in [1.165, 1.54) is 18.2 Å². The molecule has 0 saturated carbocycles. The van der Waals surface area contributed by atoms with Gasteiger partial charge in [0.2, 0.25) is 6.41 Å². The van der Waals surface area contributed by atoms with Gasteiger partial charge in [0.25, 0.3) is 0 Å². The first-order valence-electron chi connectivity index (χ1n) is 2.89. The molecule has 1 rings (SSSR count). The third kappa shape index (κ3) is 2.01. The van der Waals surface area contributed by atoms with Crippen LogP contribution in [0.3, 0.4) is 0 Å². The molecule has 0 aliphatic carbocycles. The molecule has 0 fully saturated rings. The molecule has 0 aliphatic heterocycles. The Morgan fingerprint density at radius 1 is 1.55 bits per heavy atom. The normalized spacial score (nSPS) is 9.27. The number of halogens is 2. The average molecular weight is 218 g/mol. The van der Waals surface area contributed by atoms with Crippen LogP contribution in [0.1, 0.15) is 0 Å². The Hall–Kier alpha value is -0.900. The number of rotatable bonds is 2. The number of anilines is 1. The van der Waals surface area contributed by atoms with Gasteiger partial charge in [-0.2, -0.15) is 0 Å². The van der Waals surface area contributed by atoms with Crippen LogP contribution < -0.4 is 5.32 Å². The van der Waals surface area contributed by atoms with Gasteiger partial charge in [0.15, 0.2) is 0 Å². The highest BCUT2D eigenvalue weighted by Gasteiger charge is 1.98. The van der Waals surface area contributed by atoms with E-state index in [-0.39, 0.29) is 5.82 Å². The van der Waals surface area contributed by atoms with Crippen molar-refractivity contribution in [3.63, 3.8) is 0 Å². The van der Waals surface area contributed by atoms with Crippen LogP contribution in [-0.2, 0) is 4.79 Å². The minimum atomic E-state index is -0.346. The summed E-state index contributed by atoms with van der Waals surface area (Å²) in [6.07, 6.45) is 0.541. The summed E-state index contributed by atoms with van der Waals surface area (Å²) in [5.41, 5.74) is 0.563. The average Bonchev–Trinajstić information content (AvgIpc) is 1.98. The van der Waals surface area contributed by atoms with Crippen molar-refractivity contribution >= 4 is 28.0 Å². The molecule has 0 radical (unpaired) electrons. The molecule has 0 atom stereocenters. The maximum absolute atomic E-state index is 12.6. The second-order valence-electron chi connectivity index (χ2n) is 1.89. The number of carbonyl (C=O) groups excluding carboxylic acids is 1. The summed E-state index contributed by atoms with van der Waals surface area (Å²) in [4.78, 5) is 9.95. The van der Waals surface area contributed by atoms with E-state index in [2.05, 4.69) is 21.2 Å². The predicted molar refractivity (Wildman–Crippen MR) is 43.8 cm³/mol. The van der Waals surface area contributed by atoms with E-state index in [0.717, 1.165) is 0 Å². The molecule has 0 saturated heterocycles. The highest BCUT2D eigenvalue weighted by molar-refractivity contribution is 9.10. The van der Waals surface area contributed by atoms with Gasteiger partial charge in [-0.25, -0.2) is 4.39 Å². The summed E-state index contributed by atoms with van der Waals surface area (Å²) in [6.45, 7) is 0. The molecular formula is C7H5BrFNO. The lowest BCUT2D eigenvalue weighted by Crippen LogP contribution is -1.93. The van der Waals surface area contributed by atoms with Crippen molar-refractivity contribution < 1.29 is 9.18 Å². The van der Waals surface area contributed by atoms with Gasteiger partial charge < -0.3 is 5.32 Å². The largest absolute Gasteiger partial charge is 0.329 e. The monoisotopic (exact) mass is 217 g/mol. The van der Waals surface area contributed by atoms with Crippen LogP contribution in [0.2, 0.25) is 0 Å². The van der Waals surface area contributed by atoms with Crippen molar-refractivity contribution in [3.8, 4) is 0 Å². The minimum Gasteiger partial charge on any atom is -0.329 e. The second kappa shape index (κ2) is 3.48. The lowest BCUT2D eigenvalue weighted by atomic mass is 10.3. The first kappa shape index (κ1) is 8.20. The molecule has 0 aromatic heterocycles. The standard InChI is InChI=1S/C7H5BrFNO/c8-6-3-5(10-4-11)1-2-7(6)9/h1-4H,(H,10,11). The van der Waals surface area contributed by atoms with Gasteiger partial charge in [-0.3, -0.25) is 4.79 Å². The Morgan fingerprint density at radius 3 is 2.82 bits per heavy atom. The second-order valence-corrected chi connectivity index (χ2v) is 2.75. The Morgan fingerprint density at radius 2 is 2.27 bits per heavy atom. The van der Waals surface area contributed by atoms with Gasteiger partial charge >= 0.3 is 0 Å². The van der Waals surface area contributed by atoms with Gasteiger partial charge in [0, 0.05) is 5.69 Å². The Labute approximate surface area is 71.5 Å². The van der Waals surface area contributed by atoms with Gasteiger partial charge in [-0.15, -0.1) is 0 Å². The van der Waals surface area contributed by atoms with Crippen molar-refractivity contribution in [1.82, 2.24) is 0 Å². The van der Waals surface area contributed by atoms with E-state index in [9.17, 15) is 9.18 Å². The zero-order valence-electron chi connectivity index (χ0n) is 5.47. The number of carbonyl (C=O) groups is 1. The number of benzene rings is 1. The van der Waals surface area contributed by atoms with Crippen LogP contribution in [0.25, 0.3) is 0 Å². The maximum Gasteiger partial charge on any atom is 0.211 e. The van der Waals surface area contributed by atoms with Crippen LogP contribution in [0.5, 0.6) is 0 Å². The van der Waals surface area contributed by atoms with E-state index in [1.54, 1.807) is 0 Å². The Balaban J connectivity index is 2.95. The lowest BCUT2D eigenvalue weighted by Gasteiger charge is -1.98. The summed E-state index contributed by atoms with van der Waals surface area (Å²) in [6, 6.07) is 4.24. The molecular weight excluding hydrogens is 213 g/mol. The number of nitrogens with one attached hydrogen (secondary N) is 1. The molecule has 1 amide bonds. The van der Waals surface area contributed by atoms with E-state index in [4.69, 9.17) is 0 Å². The third-order valence-corrected chi connectivity index (χ3v) is 1.75. The molecule has 0 heterocycles. The topological polar surface area (TPSA) is 29.1 Å². The minimum absolute atomic E-state index is 0.337. The zero-order valence-corrected chi connectivity index (χ0v) is 7.06. The highest BCUT2D eigenvalue weighted by Crippen LogP contribution is 2.19.